The molecule has 1 amide bonds. The lowest BCUT2D eigenvalue weighted by Crippen LogP contribution is -2.42. The zero-order valence-electron chi connectivity index (χ0n) is 14.6. The van der Waals surface area contributed by atoms with Crippen LogP contribution < -0.4 is 4.90 Å². The third kappa shape index (κ3) is 4.01. The molecule has 0 aliphatic heterocycles. The van der Waals surface area contributed by atoms with E-state index in [4.69, 9.17) is 0 Å². The Bertz CT molecular complexity index is 875. The van der Waals surface area contributed by atoms with Gasteiger partial charge in [-0.05, 0) is 49.4 Å². The van der Waals surface area contributed by atoms with Crippen LogP contribution >= 0.6 is 11.3 Å². The molecule has 0 saturated heterocycles. The quantitative estimate of drug-likeness (QED) is 0.819. The molecule has 0 spiro atoms. The molecule has 0 bridgehead atoms. The Morgan fingerprint density at radius 2 is 1.78 bits per heavy atom. The summed E-state index contributed by atoms with van der Waals surface area (Å²) >= 11 is 0.914. The molecule has 8 heteroatoms. The first-order valence-electron chi connectivity index (χ1n) is 8.58. The van der Waals surface area contributed by atoms with Gasteiger partial charge >= 0.3 is 5.97 Å². The van der Waals surface area contributed by atoms with E-state index in [9.17, 15) is 28.6 Å². The molecule has 1 fully saturated rings. The number of benzene rings is 1. The molecule has 1 aromatic carbocycles. The molecule has 27 heavy (non-hydrogen) atoms. The van der Waals surface area contributed by atoms with E-state index in [-0.39, 0.29) is 22.5 Å². The van der Waals surface area contributed by atoms with E-state index < -0.39 is 23.7 Å². The Hall–Kier alpha value is -2.32. The maximum Gasteiger partial charge on any atom is 0.348 e. The molecular weight excluding hydrogens is 376 g/mol. The molecule has 144 valence electrons. The first kappa shape index (κ1) is 19.4. The molecule has 3 rings (SSSR count). The van der Waals surface area contributed by atoms with Crippen LogP contribution in [0, 0.1) is 11.6 Å². The summed E-state index contributed by atoms with van der Waals surface area (Å²) in [7, 11) is 0. The fourth-order valence-corrected chi connectivity index (χ4v) is 4.43. The fraction of sp³-hybridized carbons (Fsp3) is 0.368. The van der Waals surface area contributed by atoms with Gasteiger partial charge < -0.3 is 15.1 Å². The largest absolute Gasteiger partial charge is 0.477 e. The van der Waals surface area contributed by atoms with Gasteiger partial charge in [0.25, 0.3) is 0 Å². The van der Waals surface area contributed by atoms with E-state index in [0.717, 1.165) is 23.5 Å². The van der Waals surface area contributed by atoms with Gasteiger partial charge in [-0.2, -0.15) is 0 Å². The number of aromatic carboxylic acids is 1. The predicted octanol–water partition coefficient (Wildman–Crippen LogP) is 4.05. The van der Waals surface area contributed by atoms with Crippen molar-refractivity contribution in [3.8, 4) is 10.4 Å². The van der Waals surface area contributed by atoms with Gasteiger partial charge in [-0.25, -0.2) is 13.6 Å². The highest BCUT2D eigenvalue weighted by Gasteiger charge is 2.31. The lowest BCUT2D eigenvalue weighted by molar-refractivity contribution is -0.117. The van der Waals surface area contributed by atoms with Crippen molar-refractivity contribution in [1.29, 1.82) is 0 Å². The number of amides is 1. The van der Waals surface area contributed by atoms with Gasteiger partial charge in [0.1, 0.15) is 4.88 Å². The molecular formula is C19H19F2NO4S. The molecule has 1 aliphatic rings. The smallest absolute Gasteiger partial charge is 0.348 e. The van der Waals surface area contributed by atoms with E-state index in [0.29, 0.717) is 36.1 Å². The monoisotopic (exact) mass is 395 g/mol. The molecule has 2 aromatic rings. The van der Waals surface area contributed by atoms with E-state index in [1.54, 1.807) is 0 Å². The van der Waals surface area contributed by atoms with Gasteiger partial charge in [0.2, 0.25) is 5.91 Å². The number of aliphatic hydroxyl groups excluding tert-OH is 1. The van der Waals surface area contributed by atoms with Crippen molar-refractivity contribution in [3.63, 3.8) is 0 Å². The summed E-state index contributed by atoms with van der Waals surface area (Å²) in [6.45, 7) is 1.37. The molecule has 0 atom stereocenters. The summed E-state index contributed by atoms with van der Waals surface area (Å²) in [6.07, 6.45) is 1.80. The summed E-state index contributed by atoms with van der Waals surface area (Å²) in [4.78, 5) is 25.9. The molecule has 2 N–H and O–H groups in total. The van der Waals surface area contributed by atoms with Crippen LogP contribution in [-0.4, -0.2) is 34.2 Å². The number of aliphatic hydroxyl groups is 1. The number of carbonyl (C=O) groups excluding carboxylic acids is 1. The zero-order valence-corrected chi connectivity index (χ0v) is 15.4. The number of halogens is 2. The van der Waals surface area contributed by atoms with Crippen LogP contribution in [-0.2, 0) is 4.79 Å². The van der Waals surface area contributed by atoms with E-state index >= 15 is 0 Å². The number of thiophene rings is 1. The van der Waals surface area contributed by atoms with Crippen molar-refractivity contribution >= 4 is 28.9 Å². The summed E-state index contributed by atoms with van der Waals surface area (Å²) in [6, 6.07) is 4.68. The van der Waals surface area contributed by atoms with Crippen LogP contribution in [0.4, 0.5) is 14.5 Å². The molecule has 1 aliphatic carbocycles. The summed E-state index contributed by atoms with van der Waals surface area (Å²) < 4.78 is 26.8. The Morgan fingerprint density at radius 3 is 2.33 bits per heavy atom. The number of nitrogens with zero attached hydrogens (tertiary/aromatic N) is 1. The van der Waals surface area contributed by atoms with Gasteiger partial charge in [0, 0.05) is 17.8 Å². The average Bonchev–Trinajstić information content (AvgIpc) is 3.04. The second kappa shape index (κ2) is 7.74. The first-order chi connectivity index (χ1) is 12.8. The molecule has 0 radical (unpaired) electrons. The van der Waals surface area contributed by atoms with Crippen LogP contribution in [0.1, 0.15) is 42.3 Å². The van der Waals surface area contributed by atoms with Crippen molar-refractivity contribution < 1.29 is 28.6 Å². The van der Waals surface area contributed by atoms with Gasteiger partial charge in [0.05, 0.1) is 11.8 Å². The van der Waals surface area contributed by atoms with Gasteiger partial charge in [0.15, 0.2) is 11.6 Å². The number of anilines is 1. The zero-order chi connectivity index (χ0) is 19.7. The number of rotatable bonds is 4. The predicted molar refractivity (Wildman–Crippen MR) is 98.1 cm³/mol. The van der Waals surface area contributed by atoms with Crippen molar-refractivity contribution in [2.24, 2.45) is 0 Å². The fourth-order valence-electron chi connectivity index (χ4n) is 3.45. The second-order valence-corrected chi connectivity index (χ2v) is 7.66. The highest BCUT2D eigenvalue weighted by Crippen LogP contribution is 2.40. The minimum Gasteiger partial charge on any atom is -0.477 e. The molecule has 1 heterocycles. The van der Waals surface area contributed by atoms with Crippen LogP contribution in [0.2, 0.25) is 0 Å². The summed E-state index contributed by atoms with van der Waals surface area (Å²) in [5, 5.41) is 19.3. The minimum atomic E-state index is -1.19. The summed E-state index contributed by atoms with van der Waals surface area (Å²) in [5.41, 5.74) is 0.594. The van der Waals surface area contributed by atoms with Crippen molar-refractivity contribution in [1.82, 2.24) is 0 Å². The second-order valence-electron chi connectivity index (χ2n) is 6.61. The minimum absolute atomic E-state index is 0.0314. The van der Waals surface area contributed by atoms with Crippen molar-refractivity contribution in [3.05, 3.63) is 40.8 Å². The van der Waals surface area contributed by atoms with Gasteiger partial charge in [-0.3, -0.25) is 4.79 Å². The Balaban J connectivity index is 2.04. The Morgan fingerprint density at radius 1 is 1.11 bits per heavy atom. The molecule has 5 nitrogen and oxygen atoms in total. The highest BCUT2D eigenvalue weighted by atomic mass is 32.1. The number of hydrogen-bond acceptors (Lipinski definition) is 4. The number of carboxylic acid groups (broad SMARTS) is 1. The maximum absolute atomic E-state index is 13.6. The first-order valence-corrected chi connectivity index (χ1v) is 9.40. The lowest BCUT2D eigenvalue weighted by Gasteiger charge is -2.35. The highest BCUT2D eigenvalue weighted by molar-refractivity contribution is 7.18. The lowest BCUT2D eigenvalue weighted by atomic mass is 9.91. The standard InChI is InChI=1S/C19H19F2NO4S/c1-10(23)22(12-3-5-13(24)6-4-12)16-9-17(27-18(16)19(25)26)11-2-7-14(20)15(21)8-11/h2,7-9,12-13,24H,3-6H2,1H3,(H,25,26). The van der Waals surface area contributed by atoms with Crippen LogP contribution in [0.25, 0.3) is 10.4 Å². The number of carboxylic acids is 1. The third-order valence-corrected chi connectivity index (χ3v) is 5.90. The number of hydrogen-bond donors (Lipinski definition) is 2. The van der Waals surface area contributed by atoms with Crippen LogP contribution in [0.15, 0.2) is 24.3 Å². The van der Waals surface area contributed by atoms with Crippen LogP contribution in [0.3, 0.4) is 0 Å². The SMILES string of the molecule is CC(=O)N(c1cc(-c2ccc(F)c(F)c2)sc1C(=O)O)C1CCC(O)CC1. The normalized spacial score (nSPS) is 19.7. The van der Waals surface area contributed by atoms with Gasteiger partial charge in [-0.1, -0.05) is 6.07 Å². The van der Waals surface area contributed by atoms with Crippen molar-refractivity contribution in [2.75, 3.05) is 4.90 Å². The van der Waals surface area contributed by atoms with Crippen LogP contribution in [0.5, 0.6) is 0 Å². The van der Waals surface area contributed by atoms with E-state index in [1.165, 1.54) is 24.0 Å². The third-order valence-electron chi connectivity index (χ3n) is 4.74. The van der Waals surface area contributed by atoms with Crippen molar-refractivity contribution in [2.45, 2.75) is 44.8 Å². The molecule has 0 unspecified atom stereocenters. The Labute approximate surface area is 158 Å². The molecule has 1 aromatic heterocycles. The maximum atomic E-state index is 13.6. The Kier molecular flexibility index (Phi) is 5.57. The summed E-state index contributed by atoms with van der Waals surface area (Å²) in [5.74, 6) is -3.50. The topological polar surface area (TPSA) is 77.8 Å². The van der Waals surface area contributed by atoms with E-state index in [1.807, 2.05) is 0 Å². The van der Waals surface area contributed by atoms with E-state index in [2.05, 4.69) is 0 Å². The number of carbonyl (C=O) groups is 2. The average molecular weight is 395 g/mol. The van der Waals surface area contributed by atoms with Gasteiger partial charge in [-0.15, -0.1) is 11.3 Å². The molecule has 1 saturated carbocycles.